The third-order valence-electron chi connectivity index (χ3n) is 3.27. The molecule has 180 valence electrons. The number of hydrogen-bond acceptors (Lipinski definition) is 7. The lowest BCUT2D eigenvalue weighted by atomic mass is 10.0. The lowest BCUT2D eigenvalue weighted by molar-refractivity contribution is -0.138. The molecule has 30 heavy (non-hydrogen) atoms. The summed E-state index contributed by atoms with van der Waals surface area (Å²) in [5, 5.41) is 0. The van der Waals surface area contributed by atoms with Crippen LogP contribution in [0.25, 0.3) is 0 Å². The number of nitrogens with one attached hydrogen (secondary N) is 2. The molecular formula is C20H45N5O5. The van der Waals surface area contributed by atoms with Gasteiger partial charge in [0.25, 0.3) is 0 Å². The summed E-state index contributed by atoms with van der Waals surface area (Å²) in [6.45, 7) is 17.5. The van der Waals surface area contributed by atoms with Crippen LogP contribution < -0.4 is 22.5 Å². The minimum atomic E-state index is -0.498. The van der Waals surface area contributed by atoms with Gasteiger partial charge in [0.2, 0.25) is 24.1 Å². The fourth-order valence-corrected chi connectivity index (χ4v) is 2.19. The number of likely N-dealkylation sites (tertiary alicyclic amines) is 1. The normalized spacial score (nSPS) is 12.0. The van der Waals surface area contributed by atoms with Crippen molar-refractivity contribution in [3.8, 4) is 0 Å². The van der Waals surface area contributed by atoms with Crippen molar-refractivity contribution in [2.24, 2.45) is 11.6 Å². The van der Waals surface area contributed by atoms with Crippen LogP contribution in [0, 0.1) is 0 Å². The molecule has 0 atom stereocenters. The van der Waals surface area contributed by atoms with Crippen LogP contribution >= 0.6 is 0 Å². The summed E-state index contributed by atoms with van der Waals surface area (Å²) in [5.74, 6) is 3.63. The maximum Gasteiger partial charge on any atom is 0.229 e. The number of amides is 4. The zero-order chi connectivity index (χ0) is 24.6. The summed E-state index contributed by atoms with van der Waals surface area (Å²) in [6, 6.07) is 0. The van der Waals surface area contributed by atoms with Gasteiger partial charge in [-0.25, -0.2) is 0 Å². The molecule has 0 saturated carbocycles. The molecule has 1 fully saturated rings. The Hall–Kier alpha value is -2.04. The van der Waals surface area contributed by atoms with Crippen molar-refractivity contribution in [3.05, 3.63) is 0 Å². The zero-order valence-electron chi connectivity index (χ0n) is 20.2. The Bertz CT molecular complexity index is 421. The molecule has 0 spiro atoms. The van der Waals surface area contributed by atoms with Gasteiger partial charge >= 0.3 is 0 Å². The fraction of sp³-hybridized carbons (Fsp3) is 0.800. The highest BCUT2D eigenvalue weighted by atomic mass is 16.5. The van der Waals surface area contributed by atoms with Gasteiger partial charge in [-0.1, -0.05) is 41.0 Å². The van der Waals surface area contributed by atoms with E-state index in [0.29, 0.717) is 6.41 Å². The highest BCUT2D eigenvalue weighted by Crippen LogP contribution is 2.15. The van der Waals surface area contributed by atoms with Gasteiger partial charge in [0, 0.05) is 32.4 Å². The Balaban J connectivity index is -0.000000166. The van der Waals surface area contributed by atoms with Crippen LogP contribution in [0.1, 0.15) is 87.5 Å². The first kappa shape index (κ1) is 35.4. The number of hydrogen-bond donors (Lipinski definition) is 4. The minimum absolute atomic E-state index is 0.0531. The van der Waals surface area contributed by atoms with Crippen molar-refractivity contribution in [2.45, 2.75) is 93.1 Å². The van der Waals surface area contributed by atoms with E-state index in [9.17, 15) is 14.4 Å². The molecule has 0 aromatic heterocycles. The molecule has 10 heteroatoms. The Labute approximate surface area is 182 Å². The third kappa shape index (κ3) is 24.0. The maximum absolute atomic E-state index is 11.0. The van der Waals surface area contributed by atoms with Crippen molar-refractivity contribution in [2.75, 3.05) is 13.2 Å². The van der Waals surface area contributed by atoms with E-state index in [1.807, 2.05) is 45.6 Å². The van der Waals surface area contributed by atoms with Crippen molar-refractivity contribution < 1.29 is 23.9 Å². The highest BCUT2D eigenvalue weighted by molar-refractivity contribution is 6.02. The van der Waals surface area contributed by atoms with E-state index in [-0.39, 0.29) is 43.2 Å². The molecule has 0 bridgehead atoms. The highest BCUT2D eigenvalue weighted by Gasteiger charge is 2.28. The van der Waals surface area contributed by atoms with E-state index in [2.05, 4.69) is 26.6 Å². The molecule has 1 heterocycles. The van der Waals surface area contributed by atoms with Crippen molar-refractivity contribution >= 4 is 24.1 Å². The van der Waals surface area contributed by atoms with Crippen molar-refractivity contribution in [3.63, 3.8) is 0 Å². The van der Waals surface area contributed by atoms with Gasteiger partial charge in [-0.2, -0.15) is 5.53 Å². The molecule has 1 rings (SSSR count). The number of carbonyl (C=O) groups excluding carboxylic acids is 4. The zero-order valence-corrected chi connectivity index (χ0v) is 20.2. The van der Waals surface area contributed by atoms with Gasteiger partial charge in [-0.05, 0) is 27.2 Å². The first-order valence-corrected chi connectivity index (χ1v) is 10.5. The molecule has 10 nitrogen and oxygen atoms in total. The fourth-order valence-electron chi connectivity index (χ4n) is 2.19. The first-order valence-electron chi connectivity index (χ1n) is 10.5. The van der Waals surface area contributed by atoms with Gasteiger partial charge < -0.3 is 10.5 Å². The standard InChI is InChI=1S/C8H18O.C7H10N2O3.2C2H6.CH5N3O/c1-5-7-8(3,4)9-6-2;8-5(10)3-4-9-6(11)1-2-7(9)12;2*1-2;2-4-3-1-5/h5-7H2,1-4H3;1-4H2,(H2,8,10);2*1-2H3;1,4H,2H2,(H,3,5). The summed E-state index contributed by atoms with van der Waals surface area (Å²) in [4.78, 5) is 42.5. The number of primary amides is 1. The van der Waals surface area contributed by atoms with Gasteiger partial charge in [0.1, 0.15) is 0 Å². The molecule has 0 unspecified atom stereocenters. The summed E-state index contributed by atoms with van der Waals surface area (Å²) in [5.41, 5.74) is 8.83. The average molecular weight is 436 g/mol. The van der Waals surface area contributed by atoms with Crippen LogP contribution in [0.2, 0.25) is 0 Å². The SMILES string of the molecule is CC.CC.CCCC(C)(C)OCC.NC(=O)CCN1C(=O)CCC1=O.NNNC=O. The molecule has 6 N–H and O–H groups in total. The average Bonchev–Trinajstić information content (AvgIpc) is 3.02. The number of nitrogens with zero attached hydrogens (tertiary/aromatic N) is 1. The Morgan fingerprint density at radius 3 is 1.87 bits per heavy atom. The summed E-state index contributed by atoms with van der Waals surface area (Å²) < 4.78 is 5.47. The molecule has 1 aliphatic rings. The van der Waals surface area contributed by atoms with Crippen molar-refractivity contribution in [1.29, 1.82) is 0 Å². The molecule has 0 aromatic rings. The van der Waals surface area contributed by atoms with E-state index >= 15 is 0 Å². The Morgan fingerprint density at radius 2 is 1.60 bits per heavy atom. The van der Waals surface area contributed by atoms with Crippen LogP contribution in [-0.2, 0) is 23.9 Å². The molecule has 4 amide bonds. The summed E-state index contributed by atoms with van der Waals surface area (Å²) in [7, 11) is 0. The van der Waals surface area contributed by atoms with E-state index in [1.165, 1.54) is 6.42 Å². The van der Waals surface area contributed by atoms with E-state index in [4.69, 9.17) is 15.3 Å². The lowest BCUT2D eigenvalue weighted by Gasteiger charge is -2.23. The van der Waals surface area contributed by atoms with Crippen molar-refractivity contribution in [1.82, 2.24) is 15.9 Å². The third-order valence-corrected chi connectivity index (χ3v) is 3.27. The number of rotatable bonds is 9. The Morgan fingerprint density at radius 1 is 1.13 bits per heavy atom. The number of imide groups is 1. The van der Waals surface area contributed by atoms with Gasteiger partial charge in [-0.3, -0.25) is 35.3 Å². The molecule has 0 aromatic carbocycles. The second kappa shape index (κ2) is 25.0. The van der Waals surface area contributed by atoms with Gasteiger partial charge in [0.15, 0.2) is 0 Å². The van der Waals surface area contributed by atoms with Crippen LogP contribution in [0.4, 0.5) is 0 Å². The lowest BCUT2D eigenvalue weighted by Crippen LogP contribution is -2.36. The number of carbonyl (C=O) groups is 4. The molecule has 1 aliphatic heterocycles. The van der Waals surface area contributed by atoms with E-state index in [0.717, 1.165) is 17.9 Å². The number of hydrazine groups is 2. The number of nitrogens with two attached hydrogens (primary N) is 2. The van der Waals surface area contributed by atoms with Crippen LogP contribution in [-0.4, -0.2) is 47.8 Å². The topological polar surface area (TPSA) is 157 Å². The van der Waals surface area contributed by atoms with E-state index in [1.54, 1.807) is 0 Å². The van der Waals surface area contributed by atoms with Gasteiger partial charge in [-0.15, -0.1) is 0 Å². The van der Waals surface area contributed by atoms with Crippen LogP contribution in [0.5, 0.6) is 0 Å². The summed E-state index contributed by atoms with van der Waals surface area (Å²) in [6.07, 6.45) is 3.38. The van der Waals surface area contributed by atoms with Crippen LogP contribution in [0.15, 0.2) is 0 Å². The number of ether oxygens (including phenoxy) is 1. The second-order valence-electron chi connectivity index (χ2n) is 6.00. The Kier molecular flexibility index (Phi) is 29.5. The molecule has 1 saturated heterocycles. The molecular weight excluding hydrogens is 390 g/mol. The predicted octanol–water partition coefficient (Wildman–Crippen LogP) is 1.78. The molecule has 0 aliphatic carbocycles. The maximum atomic E-state index is 11.0. The largest absolute Gasteiger partial charge is 0.376 e. The quantitative estimate of drug-likeness (QED) is 0.186. The minimum Gasteiger partial charge on any atom is -0.376 e. The van der Waals surface area contributed by atoms with Crippen LogP contribution in [0.3, 0.4) is 0 Å². The second-order valence-corrected chi connectivity index (χ2v) is 6.00. The monoisotopic (exact) mass is 435 g/mol. The predicted molar refractivity (Wildman–Crippen MR) is 120 cm³/mol. The van der Waals surface area contributed by atoms with Gasteiger partial charge in [0.05, 0.1) is 5.60 Å². The first-order chi connectivity index (χ1) is 14.1. The smallest absolute Gasteiger partial charge is 0.229 e. The molecule has 0 radical (unpaired) electrons. The summed E-state index contributed by atoms with van der Waals surface area (Å²) >= 11 is 0. The van der Waals surface area contributed by atoms with E-state index < -0.39 is 5.91 Å².